The number of ether oxygens (including phenoxy) is 1. The van der Waals surface area contributed by atoms with E-state index in [9.17, 15) is 0 Å². The van der Waals surface area contributed by atoms with Gasteiger partial charge < -0.3 is 10.1 Å². The zero-order valence-corrected chi connectivity index (χ0v) is 12.0. The SMILES string of the molecule is CCCc1nc(C2(OC)CCCC2)nc2c1CNC2. The summed E-state index contributed by atoms with van der Waals surface area (Å²) >= 11 is 0. The third kappa shape index (κ3) is 2.17. The summed E-state index contributed by atoms with van der Waals surface area (Å²) in [5.74, 6) is 0.929. The second-order valence-corrected chi connectivity index (χ2v) is 5.68. The van der Waals surface area contributed by atoms with Crippen molar-refractivity contribution >= 4 is 0 Å². The number of aryl methyl sites for hydroxylation is 1. The lowest BCUT2D eigenvalue weighted by molar-refractivity contribution is -0.0166. The van der Waals surface area contributed by atoms with Crippen molar-refractivity contribution in [3.05, 3.63) is 22.8 Å². The maximum absolute atomic E-state index is 5.83. The Kier molecular flexibility index (Phi) is 3.54. The molecule has 19 heavy (non-hydrogen) atoms. The molecule has 104 valence electrons. The molecule has 0 atom stereocenters. The first kappa shape index (κ1) is 13.0. The van der Waals surface area contributed by atoms with Gasteiger partial charge in [0.25, 0.3) is 0 Å². The maximum Gasteiger partial charge on any atom is 0.160 e. The van der Waals surface area contributed by atoms with Gasteiger partial charge in [-0.15, -0.1) is 0 Å². The van der Waals surface area contributed by atoms with Gasteiger partial charge in [0.1, 0.15) is 5.60 Å². The van der Waals surface area contributed by atoms with Crippen LogP contribution in [0.3, 0.4) is 0 Å². The van der Waals surface area contributed by atoms with Crippen LogP contribution >= 0.6 is 0 Å². The molecule has 0 amide bonds. The molecular weight excluding hydrogens is 238 g/mol. The number of nitrogens with zero attached hydrogens (tertiary/aromatic N) is 2. The lowest BCUT2D eigenvalue weighted by Gasteiger charge is -2.26. The van der Waals surface area contributed by atoms with Gasteiger partial charge in [-0.25, -0.2) is 9.97 Å². The molecule has 1 aromatic heterocycles. The van der Waals surface area contributed by atoms with E-state index in [1.165, 1.54) is 29.8 Å². The normalized spacial score (nSPS) is 20.7. The number of hydrogen-bond donors (Lipinski definition) is 1. The molecule has 2 aliphatic rings. The van der Waals surface area contributed by atoms with Crippen molar-refractivity contribution in [2.24, 2.45) is 0 Å². The van der Waals surface area contributed by atoms with Gasteiger partial charge in [-0.05, 0) is 32.1 Å². The topological polar surface area (TPSA) is 47.0 Å². The Labute approximate surface area is 115 Å². The molecule has 3 rings (SSSR count). The second-order valence-electron chi connectivity index (χ2n) is 5.68. The fraction of sp³-hybridized carbons (Fsp3) is 0.733. The van der Waals surface area contributed by atoms with E-state index in [4.69, 9.17) is 14.7 Å². The Morgan fingerprint density at radius 1 is 1.21 bits per heavy atom. The zero-order valence-electron chi connectivity index (χ0n) is 12.0. The van der Waals surface area contributed by atoms with Gasteiger partial charge in [-0.2, -0.15) is 0 Å². The Bertz CT molecular complexity index is 467. The minimum absolute atomic E-state index is 0.222. The van der Waals surface area contributed by atoms with E-state index in [-0.39, 0.29) is 5.60 Å². The van der Waals surface area contributed by atoms with Crippen molar-refractivity contribution in [3.8, 4) is 0 Å². The smallest absolute Gasteiger partial charge is 0.160 e. The van der Waals surface area contributed by atoms with E-state index < -0.39 is 0 Å². The van der Waals surface area contributed by atoms with Crippen LogP contribution < -0.4 is 5.32 Å². The summed E-state index contributed by atoms with van der Waals surface area (Å²) in [6.45, 7) is 4.00. The average molecular weight is 261 g/mol. The zero-order chi connectivity index (χ0) is 13.3. The highest BCUT2D eigenvalue weighted by Crippen LogP contribution is 2.40. The average Bonchev–Trinajstić information content (AvgIpc) is 3.08. The molecule has 0 spiro atoms. The number of methoxy groups -OCH3 is 1. The molecule has 0 saturated heterocycles. The monoisotopic (exact) mass is 261 g/mol. The fourth-order valence-electron chi connectivity index (χ4n) is 3.35. The minimum Gasteiger partial charge on any atom is -0.370 e. The number of nitrogens with one attached hydrogen (secondary N) is 1. The first-order valence-electron chi connectivity index (χ1n) is 7.44. The van der Waals surface area contributed by atoms with Crippen LogP contribution in [0.25, 0.3) is 0 Å². The Balaban J connectivity index is 2.04. The van der Waals surface area contributed by atoms with Crippen LogP contribution in [0.5, 0.6) is 0 Å². The van der Waals surface area contributed by atoms with E-state index in [0.717, 1.165) is 44.6 Å². The molecule has 0 unspecified atom stereocenters. The molecular formula is C15H23N3O. The van der Waals surface area contributed by atoms with E-state index in [1.807, 2.05) is 0 Å². The van der Waals surface area contributed by atoms with Gasteiger partial charge >= 0.3 is 0 Å². The first-order chi connectivity index (χ1) is 9.29. The van der Waals surface area contributed by atoms with Crippen LogP contribution in [-0.2, 0) is 29.8 Å². The molecule has 1 aliphatic heterocycles. The van der Waals surface area contributed by atoms with E-state index in [1.54, 1.807) is 7.11 Å². The van der Waals surface area contributed by atoms with Gasteiger partial charge in [0.05, 0.1) is 5.69 Å². The summed E-state index contributed by atoms with van der Waals surface area (Å²) < 4.78 is 5.83. The molecule has 1 aromatic rings. The molecule has 4 nitrogen and oxygen atoms in total. The second kappa shape index (κ2) is 5.17. The number of rotatable bonds is 4. The first-order valence-corrected chi connectivity index (χ1v) is 7.44. The summed E-state index contributed by atoms with van der Waals surface area (Å²) in [6.07, 6.45) is 6.72. The van der Waals surface area contributed by atoms with Crippen LogP contribution in [0.1, 0.15) is 61.8 Å². The molecule has 1 saturated carbocycles. The van der Waals surface area contributed by atoms with Crippen molar-refractivity contribution in [2.75, 3.05) is 7.11 Å². The molecule has 0 aromatic carbocycles. The molecule has 1 N–H and O–H groups in total. The van der Waals surface area contributed by atoms with Crippen molar-refractivity contribution in [1.82, 2.24) is 15.3 Å². The molecule has 1 fully saturated rings. The highest BCUT2D eigenvalue weighted by atomic mass is 16.5. The van der Waals surface area contributed by atoms with E-state index in [2.05, 4.69) is 12.2 Å². The molecule has 0 bridgehead atoms. The van der Waals surface area contributed by atoms with E-state index >= 15 is 0 Å². The van der Waals surface area contributed by atoms with Crippen molar-refractivity contribution in [2.45, 2.75) is 64.1 Å². The number of hydrogen-bond acceptors (Lipinski definition) is 4. The summed E-state index contributed by atoms with van der Waals surface area (Å²) in [5, 5.41) is 3.39. The van der Waals surface area contributed by atoms with Crippen molar-refractivity contribution in [3.63, 3.8) is 0 Å². The summed E-state index contributed by atoms with van der Waals surface area (Å²) in [5.41, 5.74) is 3.53. The van der Waals surface area contributed by atoms with Crippen LogP contribution in [0.15, 0.2) is 0 Å². The largest absolute Gasteiger partial charge is 0.370 e. The Morgan fingerprint density at radius 2 is 2.00 bits per heavy atom. The predicted molar refractivity (Wildman–Crippen MR) is 73.7 cm³/mol. The third-order valence-corrected chi connectivity index (χ3v) is 4.47. The Morgan fingerprint density at radius 3 is 2.68 bits per heavy atom. The van der Waals surface area contributed by atoms with Crippen LogP contribution in [0.4, 0.5) is 0 Å². The van der Waals surface area contributed by atoms with Gasteiger partial charge in [0.15, 0.2) is 5.82 Å². The molecule has 2 heterocycles. The lowest BCUT2D eigenvalue weighted by atomic mass is 9.99. The lowest BCUT2D eigenvalue weighted by Crippen LogP contribution is -2.28. The van der Waals surface area contributed by atoms with Gasteiger partial charge in [-0.3, -0.25) is 0 Å². The molecule has 0 radical (unpaired) electrons. The summed E-state index contributed by atoms with van der Waals surface area (Å²) in [4.78, 5) is 9.71. The quantitative estimate of drug-likeness (QED) is 0.904. The predicted octanol–water partition coefficient (Wildman–Crippen LogP) is 2.45. The van der Waals surface area contributed by atoms with Crippen LogP contribution in [-0.4, -0.2) is 17.1 Å². The number of fused-ring (bicyclic) bond motifs is 1. The van der Waals surface area contributed by atoms with Gasteiger partial charge in [0, 0.05) is 31.5 Å². The Hall–Kier alpha value is -1.00. The third-order valence-electron chi connectivity index (χ3n) is 4.47. The van der Waals surface area contributed by atoms with Crippen LogP contribution in [0.2, 0.25) is 0 Å². The number of aromatic nitrogens is 2. The summed E-state index contributed by atoms with van der Waals surface area (Å²) in [6, 6.07) is 0. The highest BCUT2D eigenvalue weighted by molar-refractivity contribution is 5.30. The standard InChI is InChI=1S/C15H23N3O/c1-3-6-12-11-9-16-10-13(11)18-14(17-12)15(19-2)7-4-5-8-15/h16H,3-10H2,1-2H3. The fourth-order valence-corrected chi connectivity index (χ4v) is 3.35. The minimum atomic E-state index is -0.222. The highest BCUT2D eigenvalue weighted by Gasteiger charge is 2.39. The van der Waals surface area contributed by atoms with E-state index in [0.29, 0.717) is 0 Å². The van der Waals surface area contributed by atoms with Crippen molar-refractivity contribution in [1.29, 1.82) is 0 Å². The molecule has 4 heteroatoms. The van der Waals surface area contributed by atoms with Crippen LogP contribution in [0, 0.1) is 0 Å². The molecule has 1 aliphatic carbocycles. The van der Waals surface area contributed by atoms with Gasteiger partial charge in [-0.1, -0.05) is 13.3 Å². The van der Waals surface area contributed by atoms with Gasteiger partial charge in [0.2, 0.25) is 0 Å². The maximum atomic E-state index is 5.83. The summed E-state index contributed by atoms with van der Waals surface area (Å²) in [7, 11) is 1.81. The van der Waals surface area contributed by atoms with Crippen molar-refractivity contribution < 1.29 is 4.74 Å².